The van der Waals surface area contributed by atoms with Crippen LogP contribution in [-0.2, 0) is 15.1 Å². The van der Waals surface area contributed by atoms with Crippen molar-refractivity contribution in [3.8, 4) is 28.7 Å². The third-order valence-corrected chi connectivity index (χ3v) is 5.68. The molecule has 3 heterocycles. The molecule has 0 saturated carbocycles. The van der Waals surface area contributed by atoms with Crippen LogP contribution < -0.4 is 10.4 Å². The number of aromatic hydroxyl groups is 4. The van der Waals surface area contributed by atoms with Gasteiger partial charge in [0, 0.05) is 17.7 Å². The first-order valence-electron chi connectivity index (χ1n) is 10.2. The highest BCUT2D eigenvalue weighted by Crippen LogP contribution is 2.54. The summed E-state index contributed by atoms with van der Waals surface area (Å²) in [5.41, 5.74) is -1.95. The van der Waals surface area contributed by atoms with Gasteiger partial charge in [-0.15, -0.1) is 0 Å². The maximum absolute atomic E-state index is 13.1. The number of ether oxygens (including phenoxy) is 2. The Morgan fingerprint density at radius 2 is 1.59 bits per heavy atom. The molecular formula is C25H18O9. The molecule has 34 heavy (non-hydrogen) atoms. The molecule has 3 aromatic rings. The Labute approximate surface area is 192 Å². The molecule has 1 spiro atoms. The standard InChI is InChI=1S/C25H18O9/c1-12-8-21(30)25(34-12)22-20(33-23(25)14-4-7-17(27)19(29)10-14)11-15(32-24(22)31)5-2-13-3-6-16(26)18(28)9-13/h2-11,23,26-29H,1H3. The number of ketones is 1. The van der Waals surface area contributed by atoms with Crippen molar-refractivity contribution in [2.24, 2.45) is 0 Å². The molecule has 4 N–H and O–H groups in total. The van der Waals surface area contributed by atoms with Gasteiger partial charge in [0.15, 0.2) is 29.1 Å². The van der Waals surface area contributed by atoms with E-state index in [4.69, 9.17) is 13.9 Å². The maximum Gasteiger partial charge on any atom is 0.347 e. The molecule has 0 aliphatic carbocycles. The van der Waals surface area contributed by atoms with E-state index in [1.54, 1.807) is 19.1 Å². The minimum absolute atomic E-state index is 0.0680. The van der Waals surface area contributed by atoms with Gasteiger partial charge in [0.1, 0.15) is 17.1 Å². The van der Waals surface area contributed by atoms with Crippen molar-refractivity contribution in [1.82, 2.24) is 0 Å². The molecule has 0 saturated heterocycles. The van der Waals surface area contributed by atoms with Crippen LogP contribution in [0.3, 0.4) is 0 Å². The lowest BCUT2D eigenvalue weighted by molar-refractivity contribution is -0.139. The minimum atomic E-state index is -1.84. The van der Waals surface area contributed by atoms with E-state index >= 15 is 0 Å². The first-order valence-corrected chi connectivity index (χ1v) is 10.2. The minimum Gasteiger partial charge on any atom is -0.504 e. The van der Waals surface area contributed by atoms with Crippen LogP contribution in [0.5, 0.6) is 28.7 Å². The molecule has 2 unspecified atom stereocenters. The molecule has 0 amide bonds. The van der Waals surface area contributed by atoms with Crippen LogP contribution in [0, 0.1) is 0 Å². The number of fused-ring (bicyclic) bond motifs is 2. The number of carbonyl (C=O) groups is 1. The van der Waals surface area contributed by atoms with Crippen LogP contribution in [0.1, 0.15) is 35.5 Å². The number of allylic oxidation sites excluding steroid dienone is 1. The third-order valence-electron chi connectivity index (χ3n) is 5.68. The molecule has 172 valence electrons. The molecule has 9 nitrogen and oxygen atoms in total. The Kier molecular flexibility index (Phi) is 4.64. The van der Waals surface area contributed by atoms with Gasteiger partial charge in [-0.3, -0.25) is 4.79 Å². The summed E-state index contributed by atoms with van der Waals surface area (Å²) >= 11 is 0. The van der Waals surface area contributed by atoms with E-state index in [0.29, 0.717) is 11.1 Å². The van der Waals surface area contributed by atoms with Crippen molar-refractivity contribution >= 4 is 17.9 Å². The zero-order chi connectivity index (χ0) is 24.2. The fourth-order valence-corrected chi connectivity index (χ4v) is 4.15. The maximum atomic E-state index is 13.1. The Bertz CT molecular complexity index is 1460. The number of benzene rings is 2. The molecule has 5 rings (SSSR count). The van der Waals surface area contributed by atoms with Gasteiger partial charge in [0.25, 0.3) is 0 Å². The van der Waals surface area contributed by atoms with Gasteiger partial charge in [-0.05, 0) is 42.8 Å². The Morgan fingerprint density at radius 1 is 0.882 bits per heavy atom. The quantitative estimate of drug-likeness (QED) is 0.430. The first-order chi connectivity index (χ1) is 16.2. The normalized spacial score (nSPS) is 20.9. The van der Waals surface area contributed by atoms with Crippen LogP contribution >= 0.6 is 0 Å². The van der Waals surface area contributed by atoms with Crippen molar-refractivity contribution in [2.75, 3.05) is 0 Å². The predicted molar refractivity (Wildman–Crippen MR) is 118 cm³/mol. The van der Waals surface area contributed by atoms with Gasteiger partial charge < -0.3 is 34.3 Å². The molecule has 2 aliphatic heterocycles. The van der Waals surface area contributed by atoms with Crippen molar-refractivity contribution in [1.29, 1.82) is 0 Å². The lowest BCUT2D eigenvalue weighted by atomic mass is 9.84. The summed E-state index contributed by atoms with van der Waals surface area (Å²) < 4.78 is 17.3. The molecule has 0 radical (unpaired) electrons. The second kappa shape index (κ2) is 7.45. The topological polar surface area (TPSA) is 147 Å². The van der Waals surface area contributed by atoms with Crippen LogP contribution in [0.25, 0.3) is 12.2 Å². The summed E-state index contributed by atoms with van der Waals surface area (Å²) in [4.78, 5) is 26.1. The number of carbonyl (C=O) groups excluding carboxylic acids is 1. The number of hydrogen-bond acceptors (Lipinski definition) is 9. The van der Waals surface area contributed by atoms with Crippen molar-refractivity contribution < 1.29 is 39.1 Å². The predicted octanol–water partition coefficient (Wildman–Crippen LogP) is 3.46. The van der Waals surface area contributed by atoms with Gasteiger partial charge >= 0.3 is 5.63 Å². The number of rotatable bonds is 3. The van der Waals surface area contributed by atoms with E-state index in [1.165, 1.54) is 48.6 Å². The summed E-state index contributed by atoms with van der Waals surface area (Å²) in [5, 5.41) is 38.7. The van der Waals surface area contributed by atoms with Crippen LogP contribution in [0.2, 0.25) is 0 Å². The molecular weight excluding hydrogens is 444 g/mol. The van der Waals surface area contributed by atoms with E-state index in [1.807, 2.05) is 0 Å². The third kappa shape index (κ3) is 3.17. The summed E-state index contributed by atoms with van der Waals surface area (Å²) in [6.07, 6.45) is 3.14. The zero-order valence-corrected chi connectivity index (χ0v) is 17.7. The number of phenolic OH excluding ortho intramolecular Hbond substituents is 4. The van der Waals surface area contributed by atoms with E-state index in [-0.39, 0.29) is 40.1 Å². The molecule has 2 aliphatic rings. The van der Waals surface area contributed by atoms with Crippen molar-refractivity contribution in [2.45, 2.75) is 18.6 Å². The number of phenols is 4. The SMILES string of the molecule is CC1=CC(=O)C2(O1)c1c(cc(C=Cc3ccc(O)c(O)c3)oc1=O)OC2c1ccc(O)c(O)c1. The number of hydrogen-bond donors (Lipinski definition) is 4. The van der Waals surface area contributed by atoms with Gasteiger partial charge in [0.05, 0.1) is 5.76 Å². The van der Waals surface area contributed by atoms with Gasteiger partial charge in [-0.25, -0.2) is 4.79 Å². The molecule has 0 bridgehead atoms. The largest absolute Gasteiger partial charge is 0.504 e. The second-order valence-electron chi connectivity index (χ2n) is 7.96. The van der Waals surface area contributed by atoms with Gasteiger partial charge in [0.2, 0.25) is 11.4 Å². The zero-order valence-electron chi connectivity index (χ0n) is 17.7. The molecule has 0 fully saturated rings. The lowest BCUT2D eigenvalue weighted by Gasteiger charge is -2.28. The average molecular weight is 462 g/mol. The monoisotopic (exact) mass is 462 g/mol. The van der Waals surface area contributed by atoms with E-state index in [2.05, 4.69) is 0 Å². The highest BCUT2D eigenvalue weighted by molar-refractivity contribution is 6.02. The smallest absolute Gasteiger partial charge is 0.347 e. The average Bonchev–Trinajstić information content (AvgIpc) is 3.27. The van der Waals surface area contributed by atoms with Crippen molar-refractivity contribution in [3.05, 3.63) is 87.2 Å². The highest BCUT2D eigenvalue weighted by Gasteiger charge is 2.61. The van der Waals surface area contributed by atoms with E-state index in [9.17, 15) is 30.0 Å². The van der Waals surface area contributed by atoms with Crippen LogP contribution in [-0.4, -0.2) is 26.2 Å². The summed E-state index contributed by atoms with van der Waals surface area (Å²) in [6.45, 7) is 1.57. The van der Waals surface area contributed by atoms with E-state index < -0.39 is 28.9 Å². The molecule has 2 atom stereocenters. The second-order valence-corrected chi connectivity index (χ2v) is 7.96. The highest BCUT2D eigenvalue weighted by atomic mass is 16.6. The fraction of sp³-hybridized carbons (Fsp3) is 0.120. The summed E-state index contributed by atoms with van der Waals surface area (Å²) in [7, 11) is 0. The molecule has 9 heteroatoms. The van der Waals surface area contributed by atoms with Crippen molar-refractivity contribution in [3.63, 3.8) is 0 Å². The van der Waals surface area contributed by atoms with E-state index in [0.717, 1.165) is 0 Å². The van der Waals surface area contributed by atoms with Crippen LogP contribution in [0.15, 0.2) is 63.5 Å². The Morgan fingerprint density at radius 3 is 2.24 bits per heavy atom. The fourth-order valence-electron chi connectivity index (χ4n) is 4.15. The summed E-state index contributed by atoms with van der Waals surface area (Å²) in [6, 6.07) is 9.56. The first kappa shape index (κ1) is 21.2. The Hall–Kier alpha value is -4.66. The Balaban J connectivity index is 1.60. The van der Waals surface area contributed by atoms with Gasteiger partial charge in [-0.1, -0.05) is 18.2 Å². The van der Waals surface area contributed by atoms with Crippen LogP contribution in [0.4, 0.5) is 0 Å². The lowest BCUT2D eigenvalue weighted by Crippen LogP contribution is -2.41. The van der Waals surface area contributed by atoms with Gasteiger partial charge in [-0.2, -0.15) is 0 Å². The molecule has 2 aromatic carbocycles. The summed E-state index contributed by atoms with van der Waals surface area (Å²) in [5.74, 6) is -1.40. The molecule has 1 aromatic heterocycles.